The van der Waals surface area contributed by atoms with Gasteiger partial charge in [-0.15, -0.1) is 0 Å². The third-order valence-corrected chi connectivity index (χ3v) is 3.56. The van der Waals surface area contributed by atoms with Crippen molar-refractivity contribution in [3.05, 3.63) is 30.3 Å². The molecule has 0 saturated heterocycles. The maximum absolute atomic E-state index is 11.7. The first-order valence-electron chi connectivity index (χ1n) is 5.08. The minimum Gasteiger partial charge on any atom is -0.384 e. The lowest BCUT2D eigenvalue weighted by Crippen LogP contribution is -2.23. The molecule has 4 nitrogen and oxygen atoms in total. The number of nitrogens with one attached hydrogen (secondary N) is 1. The summed E-state index contributed by atoms with van der Waals surface area (Å²) in [4.78, 5) is 0. The zero-order valence-corrected chi connectivity index (χ0v) is 10.3. The molecule has 0 radical (unpaired) electrons. The molecule has 1 rings (SSSR count). The van der Waals surface area contributed by atoms with Gasteiger partial charge in [0.2, 0.25) is 10.0 Å². The maximum Gasteiger partial charge on any atom is 0.233 e. The monoisotopic (exact) mass is 243 g/mol. The Bertz CT molecular complexity index is 402. The number of sulfonamides is 1. The van der Waals surface area contributed by atoms with E-state index >= 15 is 0 Å². The van der Waals surface area contributed by atoms with E-state index in [-0.39, 0.29) is 11.7 Å². The van der Waals surface area contributed by atoms with Crippen molar-refractivity contribution in [3.63, 3.8) is 0 Å². The van der Waals surface area contributed by atoms with Crippen LogP contribution in [0.1, 0.15) is 6.92 Å². The van der Waals surface area contributed by atoms with Gasteiger partial charge in [0.15, 0.2) is 0 Å². The van der Waals surface area contributed by atoms with Crippen LogP contribution in [0, 0.1) is 5.92 Å². The summed E-state index contributed by atoms with van der Waals surface area (Å²) in [6.45, 7) is 2.28. The van der Waals surface area contributed by atoms with E-state index in [1.54, 1.807) is 31.4 Å². The largest absolute Gasteiger partial charge is 0.384 e. The van der Waals surface area contributed by atoms with Gasteiger partial charge in [-0.2, -0.15) is 0 Å². The van der Waals surface area contributed by atoms with Crippen LogP contribution in [0.3, 0.4) is 0 Å². The SMILES string of the molecule is COCC(C)CS(=O)(=O)Nc1ccccc1. The van der Waals surface area contributed by atoms with E-state index in [0.717, 1.165) is 0 Å². The molecule has 1 atom stereocenters. The Hall–Kier alpha value is -1.07. The number of rotatable bonds is 6. The van der Waals surface area contributed by atoms with Crippen molar-refractivity contribution < 1.29 is 13.2 Å². The standard InChI is InChI=1S/C11H17NO3S/c1-10(8-15-2)9-16(13,14)12-11-6-4-3-5-7-11/h3-7,10,12H,8-9H2,1-2H3. The summed E-state index contributed by atoms with van der Waals surface area (Å²) in [7, 11) is -1.72. The van der Waals surface area contributed by atoms with Crippen LogP contribution >= 0.6 is 0 Å². The maximum atomic E-state index is 11.7. The summed E-state index contributed by atoms with van der Waals surface area (Å²) in [6, 6.07) is 8.86. The predicted molar refractivity (Wildman–Crippen MR) is 64.9 cm³/mol. The van der Waals surface area contributed by atoms with Gasteiger partial charge in [-0.05, 0) is 18.1 Å². The van der Waals surface area contributed by atoms with Gasteiger partial charge in [-0.3, -0.25) is 4.72 Å². The second-order valence-electron chi connectivity index (χ2n) is 3.81. The van der Waals surface area contributed by atoms with Crippen LogP contribution < -0.4 is 4.72 Å². The molecule has 1 aromatic rings. The normalized spacial score (nSPS) is 13.4. The van der Waals surface area contributed by atoms with Gasteiger partial charge in [0, 0.05) is 19.4 Å². The fourth-order valence-corrected chi connectivity index (χ4v) is 2.86. The Morgan fingerprint density at radius 1 is 1.31 bits per heavy atom. The van der Waals surface area contributed by atoms with E-state index in [9.17, 15) is 8.42 Å². The Kier molecular flexibility index (Phi) is 4.76. The van der Waals surface area contributed by atoms with Gasteiger partial charge < -0.3 is 4.74 Å². The van der Waals surface area contributed by atoms with Crippen LogP contribution in [-0.2, 0) is 14.8 Å². The summed E-state index contributed by atoms with van der Waals surface area (Å²) >= 11 is 0. The van der Waals surface area contributed by atoms with Crippen LogP contribution in [0.5, 0.6) is 0 Å². The minimum absolute atomic E-state index is 0.0220. The Morgan fingerprint density at radius 2 is 1.94 bits per heavy atom. The van der Waals surface area contributed by atoms with Crippen molar-refractivity contribution in [2.24, 2.45) is 5.92 Å². The topological polar surface area (TPSA) is 55.4 Å². The molecule has 0 spiro atoms. The first kappa shape index (κ1) is 13.0. The van der Waals surface area contributed by atoms with Gasteiger partial charge in [-0.25, -0.2) is 8.42 Å². The van der Waals surface area contributed by atoms with Crippen molar-refractivity contribution >= 4 is 15.7 Å². The molecule has 0 aliphatic carbocycles. The Morgan fingerprint density at radius 3 is 2.50 bits per heavy atom. The number of hydrogen-bond acceptors (Lipinski definition) is 3. The number of anilines is 1. The summed E-state index contributed by atoms with van der Waals surface area (Å²) in [5.74, 6) is 0.0432. The molecule has 16 heavy (non-hydrogen) atoms. The molecule has 0 aliphatic heterocycles. The lowest BCUT2D eigenvalue weighted by Gasteiger charge is -2.12. The third-order valence-electron chi connectivity index (χ3n) is 2.00. The minimum atomic E-state index is -3.29. The van der Waals surface area contributed by atoms with Gasteiger partial charge in [-0.1, -0.05) is 25.1 Å². The van der Waals surface area contributed by atoms with Gasteiger partial charge >= 0.3 is 0 Å². The smallest absolute Gasteiger partial charge is 0.233 e. The van der Waals surface area contributed by atoms with Gasteiger partial charge in [0.1, 0.15) is 0 Å². The van der Waals surface area contributed by atoms with Crippen LogP contribution in [0.4, 0.5) is 5.69 Å². The molecule has 90 valence electrons. The van der Waals surface area contributed by atoms with E-state index in [1.807, 2.05) is 13.0 Å². The highest BCUT2D eigenvalue weighted by Gasteiger charge is 2.15. The fraction of sp³-hybridized carbons (Fsp3) is 0.455. The Labute approximate surface area is 96.7 Å². The average molecular weight is 243 g/mol. The van der Waals surface area contributed by atoms with Crippen molar-refractivity contribution in [1.82, 2.24) is 0 Å². The molecular weight excluding hydrogens is 226 g/mol. The van der Waals surface area contributed by atoms with E-state index in [4.69, 9.17) is 4.74 Å². The van der Waals surface area contributed by atoms with Crippen LogP contribution in [0.2, 0.25) is 0 Å². The van der Waals surface area contributed by atoms with E-state index < -0.39 is 10.0 Å². The van der Waals surface area contributed by atoms with Crippen LogP contribution in [0.15, 0.2) is 30.3 Å². The van der Waals surface area contributed by atoms with E-state index in [2.05, 4.69) is 4.72 Å². The molecule has 0 fully saturated rings. The van der Waals surface area contributed by atoms with Gasteiger partial charge in [0.05, 0.1) is 5.75 Å². The summed E-state index contributed by atoms with van der Waals surface area (Å²) in [5, 5.41) is 0. The lowest BCUT2D eigenvalue weighted by molar-refractivity contribution is 0.167. The molecule has 0 aromatic heterocycles. The molecule has 0 amide bonds. The molecular formula is C11H17NO3S. The molecule has 1 aromatic carbocycles. The highest BCUT2D eigenvalue weighted by atomic mass is 32.2. The zero-order valence-electron chi connectivity index (χ0n) is 9.51. The first-order chi connectivity index (χ1) is 7.53. The molecule has 0 bridgehead atoms. The molecule has 0 saturated carbocycles. The number of hydrogen-bond donors (Lipinski definition) is 1. The lowest BCUT2D eigenvalue weighted by atomic mass is 10.2. The first-order valence-corrected chi connectivity index (χ1v) is 6.73. The summed E-state index contributed by atoms with van der Waals surface area (Å²) in [5.41, 5.74) is 0.590. The molecule has 0 heterocycles. The number of methoxy groups -OCH3 is 1. The molecule has 0 aliphatic rings. The molecule has 5 heteroatoms. The van der Waals surface area contributed by atoms with Crippen molar-refractivity contribution in [2.45, 2.75) is 6.92 Å². The quantitative estimate of drug-likeness (QED) is 0.827. The van der Waals surface area contributed by atoms with E-state index in [0.29, 0.717) is 12.3 Å². The fourth-order valence-electron chi connectivity index (χ4n) is 1.43. The van der Waals surface area contributed by atoms with Crippen molar-refractivity contribution in [1.29, 1.82) is 0 Å². The predicted octanol–water partition coefficient (Wildman–Crippen LogP) is 1.71. The summed E-state index contributed by atoms with van der Waals surface area (Å²) in [6.07, 6.45) is 0. The van der Waals surface area contributed by atoms with Crippen molar-refractivity contribution in [2.75, 3.05) is 24.2 Å². The number of ether oxygens (including phenoxy) is 1. The average Bonchev–Trinajstić information content (AvgIpc) is 2.17. The van der Waals surface area contributed by atoms with E-state index in [1.165, 1.54) is 0 Å². The third kappa shape index (κ3) is 4.63. The number of para-hydroxylation sites is 1. The summed E-state index contributed by atoms with van der Waals surface area (Å²) < 4.78 is 30.9. The number of benzene rings is 1. The van der Waals surface area contributed by atoms with Crippen LogP contribution in [-0.4, -0.2) is 27.9 Å². The molecule has 1 unspecified atom stereocenters. The second-order valence-corrected chi connectivity index (χ2v) is 5.58. The molecule has 1 N–H and O–H groups in total. The highest BCUT2D eigenvalue weighted by Crippen LogP contribution is 2.10. The van der Waals surface area contributed by atoms with Crippen LogP contribution in [0.25, 0.3) is 0 Å². The zero-order chi connectivity index (χ0) is 12.0. The second kappa shape index (κ2) is 5.86. The van der Waals surface area contributed by atoms with Crippen molar-refractivity contribution in [3.8, 4) is 0 Å². The Balaban J connectivity index is 2.59. The highest BCUT2D eigenvalue weighted by molar-refractivity contribution is 7.92. The van der Waals surface area contributed by atoms with Gasteiger partial charge in [0.25, 0.3) is 0 Å².